The molecular formula is C23H19ClN2O3. The summed E-state index contributed by atoms with van der Waals surface area (Å²) in [4.78, 5) is 27.0. The number of hydrogen-bond donors (Lipinski definition) is 1. The van der Waals surface area contributed by atoms with Gasteiger partial charge in [-0.15, -0.1) is 0 Å². The van der Waals surface area contributed by atoms with E-state index in [0.29, 0.717) is 17.1 Å². The van der Waals surface area contributed by atoms with E-state index in [4.69, 9.17) is 16.0 Å². The molecule has 5 rings (SSSR count). The maximum atomic E-state index is 12.7. The van der Waals surface area contributed by atoms with Crippen molar-refractivity contribution in [2.24, 2.45) is 5.92 Å². The van der Waals surface area contributed by atoms with Crippen molar-refractivity contribution in [3.8, 4) is 0 Å². The fraction of sp³-hybridized carbons (Fsp3) is 0.217. The molecule has 2 aromatic carbocycles. The van der Waals surface area contributed by atoms with Gasteiger partial charge in [-0.25, -0.2) is 0 Å². The Morgan fingerprint density at radius 2 is 2.00 bits per heavy atom. The molecule has 2 unspecified atom stereocenters. The SMILES string of the molecule is O=C(Nc1ccc2c(c1)CCN2C(=O)c1ccoc1)C1CC1c1ccccc1Cl. The largest absolute Gasteiger partial charge is 0.472 e. The Labute approximate surface area is 173 Å². The van der Waals surface area contributed by atoms with E-state index in [1.54, 1.807) is 11.0 Å². The van der Waals surface area contributed by atoms with Gasteiger partial charge in [0.1, 0.15) is 6.26 Å². The summed E-state index contributed by atoms with van der Waals surface area (Å²) in [6.45, 7) is 0.619. The molecule has 1 saturated carbocycles. The first-order chi connectivity index (χ1) is 14.1. The molecule has 2 amide bonds. The van der Waals surface area contributed by atoms with Gasteiger partial charge in [0.05, 0.1) is 11.8 Å². The Hall–Kier alpha value is -3.05. The summed E-state index contributed by atoms with van der Waals surface area (Å²) in [6.07, 6.45) is 4.53. The number of hydrogen-bond acceptors (Lipinski definition) is 3. The van der Waals surface area contributed by atoms with E-state index in [-0.39, 0.29) is 23.7 Å². The summed E-state index contributed by atoms with van der Waals surface area (Å²) in [6, 6.07) is 15.1. The number of amides is 2. The topological polar surface area (TPSA) is 62.6 Å². The Morgan fingerprint density at radius 1 is 1.14 bits per heavy atom. The summed E-state index contributed by atoms with van der Waals surface area (Å²) in [7, 11) is 0. The highest BCUT2D eigenvalue weighted by Crippen LogP contribution is 2.50. The molecule has 1 aromatic heterocycles. The zero-order valence-electron chi connectivity index (χ0n) is 15.6. The standard InChI is InChI=1S/C23H19ClN2O3/c24-20-4-2-1-3-17(20)18-12-19(18)22(27)25-16-5-6-21-14(11-16)7-9-26(21)23(28)15-8-10-29-13-15/h1-6,8,10-11,13,18-19H,7,9,12H2,(H,25,27). The number of anilines is 2. The number of fused-ring (bicyclic) bond motifs is 1. The molecule has 1 N–H and O–H groups in total. The van der Waals surface area contributed by atoms with Crippen molar-refractivity contribution in [2.75, 3.05) is 16.8 Å². The normalized spacial score (nSPS) is 19.7. The van der Waals surface area contributed by atoms with Crippen LogP contribution >= 0.6 is 11.6 Å². The molecule has 6 heteroatoms. The summed E-state index contributed by atoms with van der Waals surface area (Å²) in [5, 5.41) is 3.74. The fourth-order valence-electron chi connectivity index (χ4n) is 4.07. The minimum atomic E-state index is -0.0742. The Kier molecular flexibility index (Phi) is 4.40. The number of carbonyl (C=O) groups excluding carboxylic acids is 2. The monoisotopic (exact) mass is 406 g/mol. The van der Waals surface area contributed by atoms with Crippen molar-refractivity contribution in [2.45, 2.75) is 18.8 Å². The van der Waals surface area contributed by atoms with Crippen molar-refractivity contribution < 1.29 is 14.0 Å². The van der Waals surface area contributed by atoms with Crippen LogP contribution in [0.5, 0.6) is 0 Å². The van der Waals surface area contributed by atoms with Crippen LogP contribution in [-0.2, 0) is 11.2 Å². The van der Waals surface area contributed by atoms with Gasteiger partial charge in [0.25, 0.3) is 5.91 Å². The molecule has 5 nitrogen and oxygen atoms in total. The van der Waals surface area contributed by atoms with Gasteiger partial charge >= 0.3 is 0 Å². The zero-order chi connectivity index (χ0) is 20.0. The number of benzene rings is 2. The van der Waals surface area contributed by atoms with Crippen LogP contribution in [-0.4, -0.2) is 18.4 Å². The van der Waals surface area contributed by atoms with Crippen LogP contribution in [0.2, 0.25) is 5.02 Å². The van der Waals surface area contributed by atoms with Gasteiger partial charge < -0.3 is 14.6 Å². The highest BCUT2D eigenvalue weighted by atomic mass is 35.5. The van der Waals surface area contributed by atoms with Gasteiger partial charge in [-0.2, -0.15) is 0 Å². The van der Waals surface area contributed by atoms with Gasteiger partial charge in [-0.05, 0) is 60.2 Å². The van der Waals surface area contributed by atoms with Crippen LogP contribution in [0.3, 0.4) is 0 Å². The summed E-state index contributed by atoms with van der Waals surface area (Å²) in [5.41, 5.74) is 4.27. The first kappa shape index (κ1) is 18.0. The molecule has 3 aromatic rings. The molecule has 0 spiro atoms. The second-order valence-electron chi connectivity index (χ2n) is 7.52. The van der Waals surface area contributed by atoms with E-state index in [2.05, 4.69) is 5.32 Å². The van der Waals surface area contributed by atoms with Crippen LogP contribution in [0.25, 0.3) is 0 Å². The van der Waals surface area contributed by atoms with Gasteiger partial charge in [-0.1, -0.05) is 29.8 Å². The second-order valence-corrected chi connectivity index (χ2v) is 7.93. The molecule has 146 valence electrons. The second kappa shape index (κ2) is 7.08. The minimum absolute atomic E-state index is 0.0131. The third-order valence-corrected chi connectivity index (χ3v) is 6.03. The van der Waals surface area contributed by atoms with Crippen molar-refractivity contribution in [1.29, 1.82) is 0 Å². The lowest BCUT2D eigenvalue weighted by Crippen LogP contribution is -2.28. The molecule has 0 radical (unpaired) electrons. The lowest BCUT2D eigenvalue weighted by molar-refractivity contribution is -0.117. The van der Waals surface area contributed by atoms with E-state index < -0.39 is 0 Å². The van der Waals surface area contributed by atoms with Crippen LogP contribution in [0, 0.1) is 5.92 Å². The maximum absolute atomic E-state index is 12.7. The predicted octanol–water partition coefficient (Wildman–Crippen LogP) is 4.88. The van der Waals surface area contributed by atoms with Crippen LogP contribution < -0.4 is 10.2 Å². The quantitative estimate of drug-likeness (QED) is 0.671. The van der Waals surface area contributed by atoms with Gasteiger partial charge in [0, 0.05) is 28.9 Å². The average Bonchev–Trinajstić information content (AvgIpc) is 3.13. The summed E-state index contributed by atoms with van der Waals surface area (Å²) >= 11 is 6.26. The van der Waals surface area contributed by atoms with Crippen LogP contribution in [0.15, 0.2) is 65.5 Å². The summed E-state index contributed by atoms with van der Waals surface area (Å²) < 4.78 is 5.02. The van der Waals surface area contributed by atoms with Crippen molar-refractivity contribution in [3.05, 3.63) is 82.8 Å². The first-order valence-corrected chi connectivity index (χ1v) is 10.0. The minimum Gasteiger partial charge on any atom is -0.472 e. The number of rotatable bonds is 4. The molecule has 0 bridgehead atoms. The lowest BCUT2D eigenvalue weighted by Gasteiger charge is -2.16. The molecular weight excluding hydrogens is 388 g/mol. The third kappa shape index (κ3) is 3.32. The number of nitrogens with one attached hydrogen (secondary N) is 1. The van der Waals surface area contributed by atoms with Crippen molar-refractivity contribution in [1.82, 2.24) is 0 Å². The predicted molar refractivity (Wildman–Crippen MR) is 111 cm³/mol. The summed E-state index contributed by atoms with van der Waals surface area (Å²) in [5.74, 6) is 0.0672. The van der Waals surface area contributed by atoms with Gasteiger partial charge in [0.15, 0.2) is 0 Å². The lowest BCUT2D eigenvalue weighted by atomic mass is 10.1. The highest BCUT2D eigenvalue weighted by Gasteiger charge is 2.44. The molecule has 0 saturated heterocycles. The van der Waals surface area contributed by atoms with E-state index in [0.717, 1.165) is 35.3 Å². The Morgan fingerprint density at radius 3 is 2.79 bits per heavy atom. The molecule has 1 aliphatic carbocycles. The Bertz CT molecular complexity index is 1090. The van der Waals surface area contributed by atoms with Gasteiger partial charge in [0.2, 0.25) is 5.91 Å². The number of halogens is 1. The van der Waals surface area contributed by atoms with E-state index in [1.165, 1.54) is 12.5 Å². The van der Waals surface area contributed by atoms with E-state index in [1.807, 2.05) is 42.5 Å². The maximum Gasteiger partial charge on any atom is 0.261 e. The molecule has 1 aliphatic heterocycles. The van der Waals surface area contributed by atoms with Crippen LogP contribution in [0.4, 0.5) is 11.4 Å². The Balaban J connectivity index is 1.27. The molecule has 2 aliphatic rings. The van der Waals surface area contributed by atoms with Crippen molar-refractivity contribution in [3.63, 3.8) is 0 Å². The molecule has 1 fully saturated rings. The third-order valence-electron chi connectivity index (χ3n) is 5.69. The molecule has 2 heterocycles. The smallest absolute Gasteiger partial charge is 0.261 e. The average molecular weight is 407 g/mol. The van der Waals surface area contributed by atoms with E-state index in [9.17, 15) is 9.59 Å². The van der Waals surface area contributed by atoms with Crippen LogP contribution in [0.1, 0.15) is 33.8 Å². The molecule has 29 heavy (non-hydrogen) atoms. The first-order valence-electron chi connectivity index (χ1n) is 9.64. The number of furan rings is 1. The number of carbonyl (C=O) groups is 2. The van der Waals surface area contributed by atoms with Gasteiger partial charge in [-0.3, -0.25) is 9.59 Å². The van der Waals surface area contributed by atoms with Crippen molar-refractivity contribution >= 4 is 34.8 Å². The molecule has 2 atom stereocenters. The zero-order valence-corrected chi connectivity index (χ0v) is 16.4. The fourth-order valence-corrected chi connectivity index (χ4v) is 4.35. The number of nitrogens with zero attached hydrogens (tertiary/aromatic N) is 1. The highest BCUT2D eigenvalue weighted by molar-refractivity contribution is 6.31. The van der Waals surface area contributed by atoms with E-state index >= 15 is 0 Å².